The number of anilines is 1. The van der Waals surface area contributed by atoms with Gasteiger partial charge in [0.1, 0.15) is 0 Å². The third-order valence-electron chi connectivity index (χ3n) is 7.74. The second-order valence-electron chi connectivity index (χ2n) is 10.1. The molecule has 0 aromatic carbocycles. The molecule has 0 bridgehead atoms. The average molecular weight is 486 g/mol. The fourth-order valence-electron chi connectivity index (χ4n) is 5.72. The summed E-state index contributed by atoms with van der Waals surface area (Å²) in [7, 11) is 0. The molecule has 4 heterocycles. The number of piperidine rings is 1. The number of piperazine rings is 1. The number of hydrogen-bond acceptors (Lipinski definition) is 7. The van der Waals surface area contributed by atoms with Gasteiger partial charge in [0.05, 0.1) is 5.92 Å². The van der Waals surface area contributed by atoms with Gasteiger partial charge in [-0.25, -0.2) is 0 Å². The van der Waals surface area contributed by atoms with E-state index in [-0.39, 0.29) is 11.8 Å². The zero-order valence-electron chi connectivity index (χ0n) is 20.3. The summed E-state index contributed by atoms with van der Waals surface area (Å²) < 4.78 is 1.98. The largest absolute Gasteiger partial charge is 0.356 e. The Morgan fingerprint density at radius 2 is 1.71 bits per heavy atom. The quantitative estimate of drug-likeness (QED) is 0.580. The van der Waals surface area contributed by atoms with Crippen molar-refractivity contribution in [2.45, 2.75) is 57.4 Å². The van der Waals surface area contributed by atoms with Crippen LogP contribution < -0.4 is 10.2 Å². The van der Waals surface area contributed by atoms with Crippen LogP contribution in [0.3, 0.4) is 0 Å². The van der Waals surface area contributed by atoms with Crippen molar-refractivity contribution < 1.29 is 4.79 Å². The number of nitrogens with zero attached hydrogens (tertiary/aromatic N) is 6. The summed E-state index contributed by atoms with van der Waals surface area (Å²) in [6.07, 6.45) is 14.0. The minimum atomic E-state index is 0.0340. The highest BCUT2D eigenvalue weighted by Gasteiger charge is 2.28. The van der Waals surface area contributed by atoms with Crippen LogP contribution in [0.15, 0.2) is 24.5 Å². The van der Waals surface area contributed by atoms with Gasteiger partial charge in [-0.3, -0.25) is 14.3 Å². The number of rotatable bonds is 8. The standard InChI is InChI=1S/C25H39N7OS/c33-23(26-11-7-12-29-16-18-30(19-17-29)22-9-2-1-3-10-22)21-8-6-15-32(20-21)25-28-27-24(34-25)31-13-4-5-14-31/h4-5,13-14,21-22H,1-3,6-12,15-20H2,(H,26,33)/t21-/m1/s1. The first-order valence-corrected chi connectivity index (χ1v) is 14.0. The minimum Gasteiger partial charge on any atom is -0.356 e. The number of carbonyl (C=O) groups excluding carboxylic acids is 1. The van der Waals surface area contributed by atoms with Gasteiger partial charge >= 0.3 is 0 Å². The Morgan fingerprint density at radius 3 is 2.50 bits per heavy atom. The van der Waals surface area contributed by atoms with Crippen molar-refractivity contribution in [1.82, 2.24) is 29.9 Å². The van der Waals surface area contributed by atoms with Gasteiger partial charge in [-0.15, -0.1) is 10.2 Å². The SMILES string of the molecule is O=C(NCCCN1CCN(C2CCCCC2)CC1)[C@@H]1CCCN(c2nnc(-n3cccc3)s2)C1. The predicted molar refractivity (Wildman–Crippen MR) is 137 cm³/mol. The van der Waals surface area contributed by atoms with E-state index in [1.54, 1.807) is 11.3 Å². The fraction of sp³-hybridized carbons (Fsp3) is 0.720. The third-order valence-corrected chi connectivity index (χ3v) is 8.74. The van der Waals surface area contributed by atoms with Crippen molar-refractivity contribution in [3.05, 3.63) is 24.5 Å². The smallest absolute Gasteiger partial charge is 0.224 e. The molecule has 34 heavy (non-hydrogen) atoms. The van der Waals surface area contributed by atoms with Crippen molar-refractivity contribution in [2.24, 2.45) is 5.92 Å². The Labute approximate surface area is 207 Å². The van der Waals surface area contributed by atoms with Gasteiger partial charge in [-0.2, -0.15) is 0 Å². The van der Waals surface area contributed by atoms with E-state index in [0.29, 0.717) is 0 Å². The molecule has 0 radical (unpaired) electrons. The van der Waals surface area contributed by atoms with Crippen LogP contribution in [0.4, 0.5) is 5.13 Å². The second-order valence-corrected chi connectivity index (χ2v) is 11.0. The molecule has 1 atom stereocenters. The Hall–Kier alpha value is -1.97. The summed E-state index contributed by atoms with van der Waals surface area (Å²) in [4.78, 5) is 20.4. The summed E-state index contributed by atoms with van der Waals surface area (Å²) in [6, 6.07) is 4.81. The third kappa shape index (κ3) is 5.98. The zero-order chi connectivity index (χ0) is 23.2. The highest BCUT2D eigenvalue weighted by Crippen LogP contribution is 2.28. The van der Waals surface area contributed by atoms with E-state index in [2.05, 4.69) is 30.2 Å². The van der Waals surface area contributed by atoms with Gasteiger partial charge in [-0.05, 0) is 50.8 Å². The first-order chi connectivity index (χ1) is 16.8. The molecule has 3 aliphatic rings. The first-order valence-electron chi connectivity index (χ1n) is 13.2. The summed E-state index contributed by atoms with van der Waals surface area (Å²) >= 11 is 1.58. The van der Waals surface area contributed by atoms with Crippen LogP contribution in [0.5, 0.6) is 0 Å². The van der Waals surface area contributed by atoms with E-state index in [4.69, 9.17) is 0 Å². The van der Waals surface area contributed by atoms with Crippen molar-refractivity contribution in [1.29, 1.82) is 0 Å². The maximum atomic E-state index is 12.8. The molecule has 2 aliphatic heterocycles. The molecule has 5 rings (SSSR count). The summed E-state index contributed by atoms with van der Waals surface area (Å²) in [5.74, 6) is 0.230. The van der Waals surface area contributed by atoms with Crippen molar-refractivity contribution in [3.8, 4) is 5.13 Å². The van der Waals surface area contributed by atoms with E-state index < -0.39 is 0 Å². The molecule has 1 aliphatic carbocycles. The Kier molecular flexibility index (Phi) is 8.13. The lowest BCUT2D eigenvalue weighted by Crippen LogP contribution is -2.51. The van der Waals surface area contributed by atoms with Crippen molar-refractivity contribution >= 4 is 22.4 Å². The van der Waals surface area contributed by atoms with Crippen LogP contribution >= 0.6 is 11.3 Å². The predicted octanol–water partition coefficient (Wildman–Crippen LogP) is 3.00. The lowest BCUT2D eigenvalue weighted by atomic mass is 9.94. The van der Waals surface area contributed by atoms with Gasteiger partial charge in [0.25, 0.3) is 0 Å². The molecule has 2 aromatic heterocycles. The number of carbonyl (C=O) groups is 1. The number of nitrogens with one attached hydrogen (secondary N) is 1. The van der Waals surface area contributed by atoms with Crippen LogP contribution in [0, 0.1) is 5.92 Å². The number of hydrogen-bond donors (Lipinski definition) is 1. The van der Waals surface area contributed by atoms with Gasteiger partial charge in [0, 0.05) is 64.2 Å². The second kappa shape index (κ2) is 11.6. The molecular weight excluding hydrogens is 446 g/mol. The summed E-state index contributed by atoms with van der Waals surface area (Å²) in [5, 5.41) is 13.7. The molecule has 2 aromatic rings. The van der Waals surface area contributed by atoms with Crippen LogP contribution in [-0.4, -0.2) is 88.9 Å². The monoisotopic (exact) mass is 485 g/mol. The highest BCUT2D eigenvalue weighted by atomic mass is 32.1. The van der Waals surface area contributed by atoms with Crippen molar-refractivity contribution in [3.63, 3.8) is 0 Å². The molecule has 1 saturated carbocycles. The number of amides is 1. The van der Waals surface area contributed by atoms with E-state index in [9.17, 15) is 4.79 Å². The van der Waals surface area contributed by atoms with E-state index >= 15 is 0 Å². The maximum absolute atomic E-state index is 12.8. The number of aromatic nitrogens is 3. The molecule has 0 unspecified atom stereocenters. The van der Waals surface area contributed by atoms with Crippen LogP contribution in [-0.2, 0) is 4.79 Å². The topological polar surface area (TPSA) is 69.5 Å². The van der Waals surface area contributed by atoms with Crippen LogP contribution in [0.25, 0.3) is 5.13 Å². The molecule has 186 valence electrons. The Morgan fingerprint density at radius 1 is 0.941 bits per heavy atom. The molecule has 1 N–H and O–H groups in total. The molecule has 1 amide bonds. The van der Waals surface area contributed by atoms with Crippen molar-refractivity contribution in [2.75, 3.05) is 57.3 Å². The van der Waals surface area contributed by atoms with Gasteiger partial charge in [0.15, 0.2) is 0 Å². The van der Waals surface area contributed by atoms with Crippen LogP contribution in [0.2, 0.25) is 0 Å². The van der Waals surface area contributed by atoms with E-state index in [1.165, 1.54) is 58.3 Å². The minimum absolute atomic E-state index is 0.0340. The van der Waals surface area contributed by atoms with E-state index in [1.807, 2.05) is 29.1 Å². The summed E-state index contributed by atoms with van der Waals surface area (Å²) in [5.41, 5.74) is 0. The molecule has 8 nitrogen and oxygen atoms in total. The molecule has 2 saturated heterocycles. The summed E-state index contributed by atoms with van der Waals surface area (Å²) in [6.45, 7) is 8.31. The highest BCUT2D eigenvalue weighted by molar-refractivity contribution is 7.17. The zero-order valence-corrected chi connectivity index (χ0v) is 21.1. The normalized spacial score (nSPS) is 23.3. The first kappa shape index (κ1) is 23.8. The molecule has 0 spiro atoms. The van der Waals surface area contributed by atoms with E-state index in [0.717, 1.165) is 61.7 Å². The van der Waals surface area contributed by atoms with Crippen LogP contribution in [0.1, 0.15) is 51.4 Å². The molecule has 3 fully saturated rings. The Balaban J connectivity index is 1.00. The van der Waals surface area contributed by atoms with Gasteiger partial charge in [0.2, 0.25) is 16.2 Å². The Bertz CT molecular complexity index is 887. The fourth-order valence-corrected chi connectivity index (χ4v) is 6.57. The lowest BCUT2D eigenvalue weighted by Gasteiger charge is -2.40. The average Bonchev–Trinajstić information content (AvgIpc) is 3.60. The maximum Gasteiger partial charge on any atom is 0.224 e. The van der Waals surface area contributed by atoms with Gasteiger partial charge < -0.3 is 15.1 Å². The van der Waals surface area contributed by atoms with Gasteiger partial charge in [-0.1, -0.05) is 30.6 Å². The lowest BCUT2D eigenvalue weighted by molar-refractivity contribution is -0.125. The molecular formula is C25H39N7OS. The molecule has 9 heteroatoms.